The van der Waals surface area contributed by atoms with Crippen LogP contribution >= 0.6 is 11.6 Å². The average Bonchev–Trinajstić information content (AvgIpc) is 3.46. The molecular formula is C49H54ClF4N7O7Si. The number of hydrogen-bond donors (Lipinski definition) is 3. The number of hydrogen-bond acceptors (Lipinski definition) is 12. The zero-order valence-electron chi connectivity index (χ0n) is 39.6. The van der Waals surface area contributed by atoms with E-state index in [-0.39, 0.29) is 78.2 Å². The van der Waals surface area contributed by atoms with E-state index in [1.54, 1.807) is 67.3 Å². The molecule has 2 aliphatic rings. The molecule has 0 fully saturated rings. The molecule has 3 aromatic carbocycles. The van der Waals surface area contributed by atoms with Crippen molar-refractivity contribution in [2.24, 2.45) is 4.99 Å². The lowest BCUT2D eigenvalue weighted by Crippen LogP contribution is -2.41. The van der Waals surface area contributed by atoms with Gasteiger partial charge in [0.1, 0.15) is 42.2 Å². The van der Waals surface area contributed by atoms with Crippen LogP contribution in [0.1, 0.15) is 67.1 Å². The lowest BCUT2D eigenvalue weighted by atomic mass is 9.95. The molecule has 0 spiro atoms. The molecule has 0 radical (unpaired) electrons. The Morgan fingerprint density at radius 1 is 1.00 bits per heavy atom. The summed E-state index contributed by atoms with van der Waals surface area (Å²) in [5.41, 5.74) is -0.915. The summed E-state index contributed by atoms with van der Waals surface area (Å²) in [5.74, 6) is -0.618. The first kappa shape index (κ1) is 50.3. The normalized spacial score (nSPS) is 14.0. The Kier molecular flexibility index (Phi) is 14.7. The second-order valence-electron chi connectivity index (χ2n) is 17.9. The number of halogens is 5. The lowest BCUT2D eigenvalue weighted by Gasteiger charge is -2.36. The fourth-order valence-electron chi connectivity index (χ4n) is 7.74. The Morgan fingerprint density at radius 3 is 2.19 bits per heavy atom. The Morgan fingerprint density at radius 2 is 1.62 bits per heavy atom. The maximum Gasteiger partial charge on any atom is 0.418 e. The van der Waals surface area contributed by atoms with Crippen LogP contribution < -0.4 is 29.7 Å². The van der Waals surface area contributed by atoms with Gasteiger partial charge in [0, 0.05) is 24.8 Å². The lowest BCUT2D eigenvalue weighted by molar-refractivity contribution is -0.137. The number of carbonyl (C=O) groups is 1. The topological polar surface area (TPSA) is 152 Å². The quantitative estimate of drug-likeness (QED) is 0.0490. The van der Waals surface area contributed by atoms with Gasteiger partial charge in [-0.15, -0.1) is 0 Å². The number of nitrogens with zero attached hydrogens (tertiary/aromatic N) is 5. The minimum atomic E-state index is -5.03. The third kappa shape index (κ3) is 10.8. The van der Waals surface area contributed by atoms with Crippen LogP contribution in [0.25, 0.3) is 11.3 Å². The number of pyridine rings is 2. The van der Waals surface area contributed by atoms with Crippen molar-refractivity contribution < 1.29 is 50.8 Å². The number of alkyl halides is 3. The molecule has 2 aromatic heterocycles. The van der Waals surface area contributed by atoms with E-state index in [1.807, 2.05) is 24.3 Å². The van der Waals surface area contributed by atoms with Crippen LogP contribution in [-0.2, 0) is 28.4 Å². The monoisotopic (exact) mass is 991 g/mol. The smallest absolute Gasteiger partial charge is 0.418 e. The number of nitrogens with one attached hydrogen (secondary N) is 2. The van der Waals surface area contributed by atoms with E-state index in [9.17, 15) is 9.90 Å². The van der Waals surface area contributed by atoms with Crippen LogP contribution in [0.5, 0.6) is 17.2 Å². The van der Waals surface area contributed by atoms with Crippen molar-refractivity contribution in [3.05, 3.63) is 129 Å². The molecule has 0 saturated carbocycles. The minimum absolute atomic E-state index is 0.0163. The third-order valence-electron chi connectivity index (χ3n) is 12.4. The summed E-state index contributed by atoms with van der Waals surface area (Å²) >= 11 is 7.18. The predicted octanol–water partition coefficient (Wildman–Crippen LogP) is 12.0. The summed E-state index contributed by atoms with van der Waals surface area (Å²) in [5, 5.41) is 14.5. The van der Waals surface area contributed by atoms with Gasteiger partial charge in [-0.2, -0.15) is 13.2 Å². The Labute approximate surface area is 404 Å². The maximum atomic E-state index is 18.0. The number of aryl methyl sites for hydroxylation is 1. The number of ether oxygens (including phenoxy) is 4. The number of methoxy groups -OCH3 is 2. The van der Waals surface area contributed by atoms with Gasteiger partial charge in [-0.1, -0.05) is 62.7 Å². The predicted molar refractivity (Wildman–Crippen MR) is 259 cm³/mol. The van der Waals surface area contributed by atoms with Gasteiger partial charge in [-0.05, 0) is 85.1 Å². The number of carboxylic acid groups (broad SMARTS) is 1. The Bertz CT molecular complexity index is 2720. The van der Waals surface area contributed by atoms with Crippen molar-refractivity contribution in [1.29, 1.82) is 0 Å². The Hall–Kier alpha value is -6.57. The molecular weight excluding hydrogens is 938 g/mol. The highest BCUT2D eigenvalue weighted by Crippen LogP contribution is 2.51. The zero-order valence-corrected chi connectivity index (χ0v) is 41.4. The SMILES string of the molecule is COc1ccc(CN(Cc2ccc(OC)cc2)c2cc(C)c(C(F)(F)F)c(-c3c(F)c4c5c(c3Cl)NCN=C5N(C(C)c3cccnc3NC(=O)O)C=C(OCCO[Si](C)(C)C(C)(C)C)O4)n2)cc1. The molecule has 1 atom stereocenters. The van der Waals surface area contributed by atoms with Crippen molar-refractivity contribution in [3.63, 3.8) is 0 Å². The molecule has 0 bridgehead atoms. The molecule has 0 saturated heterocycles. The van der Waals surface area contributed by atoms with Crippen molar-refractivity contribution in [3.8, 4) is 28.5 Å². The molecule has 366 valence electrons. The summed E-state index contributed by atoms with van der Waals surface area (Å²) in [4.78, 5) is 28.8. The molecule has 2 aliphatic heterocycles. The van der Waals surface area contributed by atoms with E-state index >= 15 is 17.6 Å². The highest BCUT2D eigenvalue weighted by molar-refractivity contribution is 6.74. The first-order valence-corrected chi connectivity index (χ1v) is 25.2. The first-order valence-electron chi connectivity index (χ1n) is 21.9. The van der Waals surface area contributed by atoms with E-state index in [0.717, 1.165) is 11.1 Å². The van der Waals surface area contributed by atoms with Gasteiger partial charge in [0.05, 0.1) is 66.2 Å². The second kappa shape index (κ2) is 20.2. The van der Waals surface area contributed by atoms with Gasteiger partial charge < -0.3 is 43.6 Å². The van der Waals surface area contributed by atoms with Gasteiger partial charge in [0.2, 0.25) is 0 Å². The van der Waals surface area contributed by atoms with E-state index in [4.69, 9.17) is 40.0 Å². The molecule has 14 nitrogen and oxygen atoms in total. The molecule has 1 unspecified atom stereocenters. The second-order valence-corrected chi connectivity index (χ2v) is 23.1. The van der Waals surface area contributed by atoms with Crippen LogP contribution in [0.3, 0.4) is 0 Å². The van der Waals surface area contributed by atoms with Gasteiger partial charge in [-0.25, -0.2) is 24.1 Å². The highest BCUT2D eigenvalue weighted by Gasteiger charge is 2.43. The van der Waals surface area contributed by atoms with E-state index in [2.05, 4.69) is 54.5 Å². The number of rotatable bonds is 16. The first-order chi connectivity index (χ1) is 32.6. The third-order valence-corrected chi connectivity index (χ3v) is 17.3. The van der Waals surface area contributed by atoms with Crippen LogP contribution in [-0.4, -0.2) is 74.3 Å². The number of amides is 1. The van der Waals surface area contributed by atoms with Gasteiger partial charge in [0.25, 0.3) is 0 Å². The molecule has 69 heavy (non-hydrogen) atoms. The molecule has 20 heteroatoms. The number of aromatic nitrogens is 2. The van der Waals surface area contributed by atoms with Gasteiger partial charge in [-0.3, -0.25) is 5.32 Å². The minimum Gasteiger partial charge on any atom is -0.497 e. The summed E-state index contributed by atoms with van der Waals surface area (Å²) in [6.07, 6.45) is -3.54. The molecule has 5 aromatic rings. The molecule has 1 amide bonds. The van der Waals surface area contributed by atoms with Crippen LogP contribution in [0, 0.1) is 12.7 Å². The van der Waals surface area contributed by atoms with Crippen molar-refractivity contribution in [2.45, 2.75) is 78.1 Å². The number of aliphatic imine (C=N–C) groups is 1. The van der Waals surface area contributed by atoms with Crippen molar-refractivity contribution in [1.82, 2.24) is 14.9 Å². The standard InChI is InChI=1S/C49H54ClF4N7O7Si/c1-28-23-35(60(24-30-12-16-32(64-6)17-13-30)25-31-14-18-33(65-7)19-15-31)58-42(39(28)49(52,53)54)37-40(50)43-38-44(41(37)51)68-36(66-21-22-67-69(8,9)48(3,4)5)26-61(46(38)57-27-56-43)29(2)34-11-10-20-55-45(34)59-47(62)63/h10-20,23,26,29,56H,21-22,24-25,27H2,1-9H3,(H,55,59)(H,62,63). The van der Waals surface area contributed by atoms with Crippen molar-refractivity contribution in [2.75, 3.05) is 49.6 Å². The van der Waals surface area contributed by atoms with E-state index in [1.165, 1.54) is 25.4 Å². The largest absolute Gasteiger partial charge is 0.497 e. The summed E-state index contributed by atoms with van der Waals surface area (Å²) in [6.45, 7) is 13.7. The van der Waals surface area contributed by atoms with Gasteiger partial charge in [0.15, 0.2) is 19.9 Å². The average molecular weight is 993 g/mol. The molecule has 0 aliphatic carbocycles. The maximum absolute atomic E-state index is 18.0. The van der Waals surface area contributed by atoms with E-state index < -0.39 is 60.0 Å². The van der Waals surface area contributed by atoms with Crippen molar-refractivity contribution >= 4 is 49.2 Å². The fraction of sp³-hybridized carbons (Fsp3) is 0.347. The van der Waals surface area contributed by atoms with Crippen LogP contribution in [0.4, 0.5) is 39.7 Å². The molecule has 4 heterocycles. The summed E-state index contributed by atoms with van der Waals surface area (Å²) in [6, 6.07) is 18.3. The zero-order chi connectivity index (χ0) is 50.0. The number of benzene rings is 3. The molecule has 3 N–H and O–H groups in total. The van der Waals surface area contributed by atoms with Crippen LogP contribution in [0.15, 0.2) is 90.1 Å². The van der Waals surface area contributed by atoms with E-state index in [0.29, 0.717) is 17.1 Å². The fourth-order valence-corrected chi connectivity index (χ4v) is 9.10. The Balaban J connectivity index is 1.40. The highest BCUT2D eigenvalue weighted by atomic mass is 35.5. The summed E-state index contributed by atoms with van der Waals surface area (Å²) in [7, 11) is 0.840. The number of anilines is 3. The number of amidine groups is 1. The molecule has 7 rings (SSSR count). The summed E-state index contributed by atoms with van der Waals surface area (Å²) < 4.78 is 94.1. The van der Waals surface area contributed by atoms with Crippen LogP contribution in [0.2, 0.25) is 23.2 Å². The van der Waals surface area contributed by atoms with Gasteiger partial charge >= 0.3 is 18.2 Å².